The van der Waals surface area contributed by atoms with Crippen LogP contribution < -0.4 is 0 Å². The molecule has 0 fully saturated rings. The Bertz CT molecular complexity index is 209. The third kappa shape index (κ3) is 4.92. The molecule has 0 heterocycles. The Morgan fingerprint density at radius 2 is 1.94 bits per heavy atom. The van der Waals surface area contributed by atoms with Crippen molar-refractivity contribution in [1.29, 1.82) is 0 Å². The maximum Gasteiger partial charge on any atom is 0.239 e. The quantitative estimate of drug-likeness (QED) is 0.660. The number of aliphatic hydroxyl groups excluding tert-OH is 1. The highest BCUT2D eigenvalue weighted by atomic mass is 16.5. The SMILES string of the molecule is CCC(C(=O)N(C)CC(O)COC)N(C)C. The van der Waals surface area contributed by atoms with Crippen molar-refractivity contribution in [1.82, 2.24) is 9.80 Å². The summed E-state index contributed by atoms with van der Waals surface area (Å²) < 4.78 is 4.82. The lowest BCUT2D eigenvalue weighted by atomic mass is 10.1. The van der Waals surface area contributed by atoms with E-state index >= 15 is 0 Å². The molecule has 5 nitrogen and oxygen atoms in total. The first kappa shape index (κ1) is 15.3. The number of hydrogen-bond acceptors (Lipinski definition) is 4. The third-order valence-electron chi connectivity index (χ3n) is 2.51. The molecular formula is C11H24N2O3. The highest BCUT2D eigenvalue weighted by Crippen LogP contribution is 2.04. The second-order valence-electron chi connectivity index (χ2n) is 4.22. The average molecular weight is 232 g/mol. The van der Waals surface area contributed by atoms with Gasteiger partial charge in [0.25, 0.3) is 0 Å². The van der Waals surface area contributed by atoms with E-state index in [0.717, 1.165) is 6.42 Å². The van der Waals surface area contributed by atoms with E-state index in [1.54, 1.807) is 11.9 Å². The molecule has 2 atom stereocenters. The fraction of sp³-hybridized carbons (Fsp3) is 0.909. The number of likely N-dealkylation sites (N-methyl/N-ethyl adjacent to an activating group) is 2. The first-order chi connectivity index (χ1) is 7.43. The molecule has 1 amide bonds. The summed E-state index contributed by atoms with van der Waals surface area (Å²) in [5.41, 5.74) is 0. The van der Waals surface area contributed by atoms with Gasteiger partial charge in [0.1, 0.15) is 0 Å². The van der Waals surface area contributed by atoms with Crippen molar-refractivity contribution >= 4 is 5.91 Å². The van der Waals surface area contributed by atoms with Crippen molar-refractivity contribution in [3.63, 3.8) is 0 Å². The Balaban J connectivity index is 4.25. The molecule has 1 N–H and O–H groups in total. The van der Waals surface area contributed by atoms with E-state index in [0.29, 0.717) is 6.54 Å². The molecule has 0 aromatic carbocycles. The van der Waals surface area contributed by atoms with Crippen molar-refractivity contribution in [3.05, 3.63) is 0 Å². The zero-order valence-corrected chi connectivity index (χ0v) is 10.9. The van der Waals surface area contributed by atoms with E-state index in [9.17, 15) is 9.90 Å². The molecule has 0 aromatic heterocycles. The monoisotopic (exact) mass is 232 g/mol. The molecular weight excluding hydrogens is 208 g/mol. The van der Waals surface area contributed by atoms with Crippen LogP contribution in [0.3, 0.4) is 0 Å². The van der Waals surface area contributed by atoms with Gasteiger partial charge in [0, 0.05) is 20.7 Å². The fourth-order valence-corrected chi connectivity index (χ4v) is 1.67. The van der Waals surface area contributed by atoms with Crippen LogP contribution in [-0.4, -0.2) is 74.4 Å². The predicted octanol–water partition coefficient (Wildman–Crippen LogP) is -0.208. The molecule has 5 heteroatoms. The van der Waals surface area contributed by atoms with E-state index in [4.69, 9.17) is 4.74 Å². The van der Waals surface area contributed by atoms with E-state index in [1.807, 2.05) is 25.9 Å². The molecule has 0 radical (unpaired) electrons. The van der Waals surface area contributed by atoms with Crippen LogP contribution in [0.15, 0.2) is 0 Å². The standard InChI is InChI=1S/C11H24N2O3/c1-6-10(12(2)3)11(15)13(4)7-9(14)8-16-5/h9-10,14H,6-8H2,1-5H3. The zero-order chi connectivity index (χ0) is 12.7. The molecule has 0 spiro atoms. The van der Waals surface area contributed by atoms with Crippen LogP contribution in [0.4, 0.5) is 0 Å². The summed E-state index contributed by atoms with van der Waals surface area (Å²) in [6.07, 6.45) is 0.134. The largest absolute Gasteiger partial charge is 0.389 e. The van der Waals surface area contributed by atoms with Gasteiger partial charge < -0.3 is 14.7 Å². The topological polar surface area (TPSA) is 53.0 Å². The molecule has 96 valence electrons. The summed E-state index contributed by atoms with van der Waals surface area (Å²) in [6.45, 7) is 2.52. The van der Waals surface area contributed by atoms with Crippen LogP contribution in [0.1, 0.15) is 13.3 Å². The molecule has 0 saturated carbocycles. The van der Waals surface area contributed by atoms with Crippen molar-refractivity contribution in [3.8, 4) is 0 Å². The van der Waals surface area contributed by atoms with Crippen LogP contribution >= 0.6 is 0 Å². The van der Waals surface area contributed by atoms with Gasteiger partial charge in [-0.3, -0.25) is 9.69 Å². The van der Waals surface area contributed by atoms with Crippen LogP contribution in [0.2, 0.25) is 0 Å². The molecule has 16 heavy (non-hydrogen) atoms. The van der Waals surface area contributed by atoms with Crippen LogP contribution in [-0.2, 0) is 9.53 Å². The summed E-state index contributed by atoms with van der Waals surface area (Å²) in [5.74, 6) is 0.0302. The van der Waals surface area contributed by atoms with Gasteiger partial charge in [0.2, 0.25) is 5.91 Å². The minimum atomic E-state index is -0.626. The van der Waals surface area contributed by atoms with Gasteiger partial charge in [-0.1, -0.05) is 6.92 Å². The average Bonchev–Trinajstić information content (AvgIpc) is 2.18. The zero-order valence-electron chi connectivity index (χ0n) is 10.9. The molecule has 2 unspecified atom stereocenters. The summed E-state index contributed by atoms with van der Waals surface area (Å²) in [5, 5.41) is 9.53. The summed E-state index contributed by atoms with van der Waals surface area (Å²) in [6, 6.07) is -0.125. The van der Waals surface area contributed by atoms with Gasteiger partial charge in [0.15, 0.2) is 0 Å². The van der Waals surface area contributed by atoms with Crippen molar-refractivity contribution in [2.75, 3.05) is 41.4 Å². The number of aliphatic hydroxyl groups is 1. The van der Waals surface area contributed by atoms with Gasteiger partial charge >= 0.3 is 0 Å². The minimum absolute atomic E-state index is 0.0302. The number of hydrogen-bond donors (Lipinski definition) is 1. The van der Waals surface area contributed by atoms with Crippen molar-refractivity contribution < 1.29 is 14.6 Å². The molecule has 0 aliphatic heterocycles. The number of rotatable bonds is 7. The molecule has 0 saturated heterocycles. The lowest BCUT2D eigenvalue weighted by molar-refractivity contribution is -0.136. The molecule has 0 rings (SSSR count). The molecule has 0 aliphatic rings. The second-order valence-corrected chi connectivity index (χ2v) is 4.22. The molecule has 0 aromatic rings. The highest BCUT2D eigenvalue weighted by Gasteiger charge is 2.23. The summed E-state index contributed by atoms with van der Waals surface area (Å²) >= 11 is 0. The number of methoxy groups -OCH3 is 1. The van der Waals surface area contributed by atoms with Crippen LogP contribution in [0.25, 0.3) is 0 Å². The second kappa shape index (κ2) is 7.60. The van der Waals surface area contributed by atoms with E-state index in [1.165, 1.54) is 7.11 Å². The Morgan fingerprint density at radius 1 is 1.38 bits per heavy atom. The van der Waals surface area contributed by atoms with E-state index < -0.39 is 6.10 Å². The van der Waals surface area contributed by atoms with Gasteiger partial charge in [-0.25, -0.2) is 0 Å². The van der Waals surface area contributed by atoms with Gasteiger partial charge in [0.05, 0.1) is 18.8 Å². The number of nitrogens with zero attached hydrogens (tertiary/aromatic N) is 2. The maximum atomic E-state index is 12.0. The number of carbonyl (C=O) groups is 1. The van der Waals surface area contributed by atoms with Crippen LogP contribution in [0, 0.1) is 0 Å². The highest BCUT2D eigenvalue weighted by molar-refractivity contribution is 5.81. The maximum absolute atomic E-state index is 12.0. The Kier molecular flexibility index (Phi) is 7.29. The van der Waals surface area contributed by atoms with Crippen molar-refractivity contribution in [2.45, 2.75) is 25.5 Å². The number of amides is 1. The van der Waals surface area contributed by atoms with Gasteiger partial charge in [-0.05, 0) is 20.5 Å². The Hall–Kier alpha value is -0.650. The lowest BCUT2D eigenvalue weighted by Crippen LogP contribution is -2.46. The normalized spacial score (nSPS) is 14.9. The lowest BCUT2D eigenvalue weighted by Gasteiger charge is -2.28. The van der Waals surface area contributed by atoms with Crippen LogP contribution in [0.5, 0.6) is 0 Å². The summed E-state index contributed by atoms with van der Waals surface area (Å²) in [4.78, 5) is 15.4. The van der Waals surface area contributed by atoms with E-state index in [2.05, 4.69) is 0 Å². The first-order valence-corrected chi connectivity index (χ1v) is 5.52. The fourth-order valence-electron chi connectivity index (χ4n) is 1.67. The van der Waals surface area contributed by atoms with E-state index in [-0.39, 0.29) is 18.6 Å². The third-order valence-corrected chi connectivity index (χ3v) is 2.51. The smallest absolute Gasteiger partial charge is 0.239 e. The molecule has 0 bridgehead atoms. The predicted molar refractivity (Wildman–Crippen MR) is 63.3 cm³/mol. The Morgan fingerprint density at radius 3 is 2.31 bits per heavy atom. The van der Waals surface area contributed by atoms with Gasteiger partial charge in [-0.2, -0.15) is 0 Å². The number of carbonyl (C=O) groups excluding carboxylic acids is 1. The Labute approximate surface area is 98.0 Å². The summed E-state index contributed by atoms with van der Waals surface area (Å²) in [7, 11) is 6.99. The number of ether oxygens (including phenoxy) is 1. The first-order valence-electron chi connectivity index (χ1n) is 5.52. The van der Waals surface area contributed by atoms with Crippen molar-refractivity contribution in [2.24, 2.45) is 0 Å². The van der Waals surface area contributed by atoms with Gasteiger partial charge in [-0.15, -0.1) is 0 Å². The molecule has 0 aliphatic carbocycles. The minimum Gasteiger partial charge on any atom is -0.389 e.